The van der Waals surface area contributed by atoms with E-state index in [1.54, 1.807) is 12.4 Å². The van der Waals surface area contributed by atoms with Crippen LogP contribution in [0.5, 0.6) is 0 Å². The van der Waals surface area contributed by atoms with Crippen molar-refractivity contribution in [2.24, 2.45) is 0 Å². The second-order valence-electron chi connectivity index (χ2n) is 4.72. The fraction of sp³-hybridized carbons (Fsp3) is 0.462. The third-order valence-corrected chi connectivity index (χ3v) is 3.17. The Labute approximate surface area is 111 Å². The van der Waals surface area contributed by atoms with Gasteiger partial charge in [0.25, 0.3) is 0 Å². The largest absolute Gasteiger partial charge is 0.394 e. The Bertz CT molecular complexity index is 577. The molecule has 1 saturated heterocycles. The minimum Gasteiger partial charge on any atom is -0.394 e. The van der Waals surface area contributed by atoms with E-state index in [1.165, 1.54) is 0 Å². The van der Waals surface area contributed by atoms with Crippen molar-refractivity contribution in [2.45, 2.75) is 19.1 Å². The van der Waals surface area contributed by atoms with Crippen LogP contribution in [0, 0.1) is 0 Å². The summed E-state index contributed by atoms with van der Waals surface area (Å²) in [5.41, 5.74) is 1.42. The molecule has 3 rings (SSSR count). The van der Waals surface area contributed by atoms with E-state index in [4.69, 9.17) is 4.74 Å². The van der Waals surface area contributed by atoms with Gasteiger partial charge in [0.05, 0.1) is 18.8 Å². The third kappa shape index (κ3) is 2.50. The summed E-state index contributed by atoms with van der Waals surface area (Å²) in [6.45, 7) is 3.42. The highest BCUT2D eigenvalue weighted by atomic mass is 16.5. The number of fused-ring (bicyclic) bond motifs is 1. The third-order valence-electron chi connectivity index (χ3n) is 3.17. The first-order valence-electron chi connectivity index (χ1n) is 6.35. The summed E-state index contributed by atoms with van der Waals surface area (Å²) < 4.78 is 5.63. The summed E-state index contributed by atoms with van der Waals surface area (Å²) in [5, 5.41) is 9.25. The molecule has 0 amide bonds. The molecule has 0 aromatic carbocycles. The Hall–Kier alpha value is -1.79. The zero-order valence-electron chi connectivity index (χ0n) is 10.7. The van der Waals surface area contributed by atoms with Crippen LogP contribution in [0.4, 0.5) is 5.82 Å². The van der Waals surface area contributed by atoms with Gasteiger partial charge in [0, 0.05) is 25.5 Å². The lowest BCUT2D eigenvalue weighted by Gasteiger charge is -2.36. The predicted octanol–water partition coefficient (Wildman–Crippen LogP) is 0.611. The van der Waals surface area contributed by atoms with Gasteiger partial charge in [-0.2, -0.15) is 0 Å². The van der Waals surface area contributed by atoms with Gasteiger partial charge < -0.3 is 14.7 Å². The van der Waals surface area contributed by atoms with Crippen LogP contribution < -0.4 is 4.90 Å². The number of anilines is 1. The molecule has 0 aliphatic carbocycles. The summed E-state index contributed by atoms with van der Waals surface area (Å²) >= 11 is 0. The van der Waals surface area contributed by atoms with E-state index in [0.29, 0.717) is 12.2 Å². The molecule has 1 fully saturated rings. The quantitative estimate of drug-likeness (QED) is 0.853. The van der Waals surface area contributed by atoms with Crippen molar-refractivity contribution >= 4 is 17.0 Å². The average molecular weight is 260 g/mol. The average Bonchev–Trinajstić information content (AvgIpc) is 2.46. The van der Waals surface area contributed by atoms with Crippen LogP contribution in [0.25, 0.3) is 11.2 Å². The molecule has 3 heterocycles. The van der Waals surface area contributed by atoms with Crippen molar-refractivity contribution in [2.75, 3.05) is 24.6 Å². The maximum Gasteiger partial charge on any atom is 0.180 e. The van der Waals surface area contributed by atoms with Crippen LogP contribution in [0.2, 0.25) is 0 Å². The maximum atomic E-state index is 9.25. The first kappa shape index (κ1) is 12.3. The number of aliphatic hydroxyl groups is 1. The predicted molar refractivity (Wildman–Crippen MR) is 71.0 cm³/mol. The fourth-order valence-corrected chi connectivity index (χ4v) is 2.35. The van der Waals surface area contributed by atoms with E-state index in [2.05, 4.69) is 19.9 Å². The van der Waals surface area contributed by atoms with Crippen LogP contribution in [-0.2, 0) is 4.74 Å². The van der Waals surface area contributed by atoms with Crippen molar-refractivity contribution < 1.29 is 9.84 Å². The van der Waals surface area contributed by atoms with E-state index in [-0.39, 0.29) is 18.8 Å². The summed E-state index contributed by atoms with van der Waals surface area (Å²) in [6.07, 6.45) is 3.20. The number of hydrogen-bond acceptors (Lipinski definition) is 6. The molecule has 0 saturated carbocycles. The fourth-order valence-electron chi connectivity index (χ4n) is 2.35. The van der Waals surface area contributed by atoms with Crippen molar-refractivity contribution in [3.8, 4) is 0 Å². The summed E-state index contributed by atoms with van der Waals surface area (Å²) in [5.74, 6) is 0.849. The second-order valence-corrected chi connectivity index (χ2v) is 4.72. The zero-order valence-corrected chi connectivity index (χ0v) is 10.7. The minimum absolute atomic E-state index is 0.0221. The molecule has 2 aromatic heterocycles. The first-order valence-corrected chi connectivity index (χ1v) is 6.35. The molecule has 1 aliphatic heterocycles. The Morgan fingerprint density at radius 1 is 1.32 bits per heavy atom. The number of pyridine rings is 1. The SMILES string of the molecule is CC1CN(c2ccc3nccnc3n2)CC(CO)O1. The number of aromatic nitrogens is 3. The first-order chi connectivity index (χ1) is 9.26. The van der Waals surface area contributed by atoms with E-state index >= 15 is 0 Å². The van der Waals surface area contributed by atoms with Crippen molar-refractivity contribution in [3.63, 3.8) is 0 Å². The van der Waals surface area contributed by atoms with Gasteiger partial charge in [0.2, 0.25) is 0 Å². The molecular formula is C13H16N4O2. The van der Waals surface area contributed by atoms with Gasteiger partial charge in [0.15, 0.2) is 5.65 Å². The highest BCUT2D eigenvalue weighted by molar-refractivity contribution is 5.71. The number of nitrogens with zero attached hydrogens (tertiary/aromatic N) is 4. The van der Waals surface area contributed by atoms with Crippen LogP contribution in [0.1, 0.15) is 6.92 Å². The smallest absolute Gasteiger partial charge is 0.180 e. The van der Waals surface area contributed by atoms with Gasteiger partial charge in [-0.25, -0.2) is 9.97 Å². The molecule has 1 N–H and O–H groups in total. The second kappa shape index (κ2) is 5.07. The van der Waals surface area contributed by atoms with Gasteiger partial charge in [-0.05, 0) is 19.1 Å². The molecule has 100 valence electrons. The highest BCUT2D eigenvalue weighted by Crippen LogP contribution is 2.20. The van der Waals surface area contributed by atoms with Crippen LogP contribution in [0.15, 0.2) is 24.5 Å². The monoisotopic (exact) mass is 260 g/mol. The normalized spacial score (nSPS) is 23.8. The van der Waals surface area contributed by atoms with E-state index in [1.807, 2.05) is 19.1 Å². The number of rotatable bonds is 2. The molecule has 0 radical (unpaired) electrons. The lowest BCUT2D eigenvalue weighted by Crippen LogP contribution is -2.48. The van der Waals surface area contributed by atoms with Gasteiger partial charge >= 0.3 is 0 Å². The number of hydrogen-bond donors (Lipinski definition) is 1. The van der Waals surface area contributed by atoms with Crippen molar-refractivity contribution in [3.05, 3.63) is 24.5 Å². The van der Waals surface area contributed by atoms with Gasteiger partial charge in [-0.15, -0.1) is 0 Å². The standard InChI is InChI=1S/C13H16N4O2/c1-9-6-17(7-10(8-18)19-9)12-3-2-11-13(16-12)15-5-4-14-11/h2-5,9-10,18H,6-8H2,1H3. The van der Waals surface area contributed by atoms with Gasteiger partial charge in [0.1, 0.15) is 11.3 Å². The Balaban J connectivity index is 1.90. The molecule has 0 spiro atoms. The van der Waals surface area contributed by atoms with Gasteiger partial charge in [-0.3, -0.25) is 4.98 Å². The molecular weight excluding hydrogens is 244 g/mol. The molecule has 1 aliphatic rings. The minimum atomic E-state index is -0.164. The molecule has 2 atom stereocenters. The molecule has 2 unspecified atom stereocenters. The molecule has 6 heteroatoms. The van der Waals surface area contributed by atoms with Crippen LogP contribution >= 0.6 is 0 Å². The van der Waals surface area contributed by atoms with E-state index < -0.39 is 0 Å². The van der Waals surface area contributed by atoms with Gasteiger partial charge in [-0.1, -0.05) is 0 Å². The van der Waals surface area contributed by atoms with E-state index in [0.717, 1.165) is 17.9 Å². The lowest BCUT2D eigenvalue weighted by molar-refractivity contribution is -0.0422. The Kier molecular flexibility index (Phi) is 3.27. The summed E-state index contributed by atoms with van der Waals surface area (Å²) in [4.78, 5) is 15.1. The molecule has 6 nitrogen and oxygen atoms in total. The highest BCUT2D eigenvalue weighted by Gasteiger charge is 2.25. The molecule has 19 heavy (non-hydrogen) atoms. The zero-order chi connectivity index (χ0) is 13.2. The Morgan fingerprint density at radius 2 is 2.16 bits per heavy atom. The molecule has 2 aromatic rings. The van der Waals surface area contributed by atoms with Crippen molar-refractivity contribution in [1.29, 1.82) is 0 Å². The summed E-state index contributed by atoms with van der Waals surface area (Å²) in [7, 11) is 0. The Morgan fingerprint density at radius 3 is 3.00 bits per heavy atom. The number of aliphatic hydroxyl groups excluding tert-OH is 1. The summed E-state index contributed by atoms with van der Waals surface area (Å²) in [6, 6.07) is 3.85. The maximum absolute atomic E-state index is 9.25. The van der Waals surface area contributed by atoms with Crippen LogP contribution in [-0.4, -0.2) is 52.0 Å². The van der Waals surface area contributed by atoms with E-state index in [9.17, 15) is 5.11 Å². The topological polar surface area (TPSA) is 71.4 Å². The number of morpholine rings is 1. The van der Waals surface area contributed by atoms with Crippen LogP contribution in [0.3, 0.4) is 0 Å². The molecule has 0 bridgehead atoms. The number of ether oxygens (including phenoxy) is 1. The lowest BCUT2D eigenvalue weighted by atomic mass is 10.2. The van der Waals surface area contributed by atoms with Crippen molar-refractivity contribution in [1.82, 2.24) is 15.0 Å².